The third kappa shape index (κ3) is 3.89. The van der Waals surface area contributed by atoms with Gasteiger partial charge in [0, 0.05) is 0 Å². The predicted octanol–water partition coefficient (Wildman–Crippen LogP) is 5.17. The van der Waals surface area contributed by atoms with Gasteiger partial charge in [0.05, 0.1) is 0 Å². The number of carbonyl (C=O) groups excluding carboxylic acids is 1. The van der Waals surface area contributed by atoms with E-state index in [0.29, 0.717) is 0 Å². The molecule has 0 aliphatic rings. The maximum atomic E-state index is 13.7. The van der Waals surface area contributed by atoms with Gasteiger partial charge in [-0.2, -0.15) is 35.1 Å². The summed E-state index contributed by atoms with van der Waals surface area (Å²) < 4.78 is 124. The van der Waals surface area contributed by atoms with Crippen molar-refractivity contribution in [3.8, 4) is 0 Å². The molecule has 0 aliphatic carbocycles. The molecule has 0 fully saturated rings. The first kappa shape index (κ1) is 23.6. The van der Waals surface area contributed by atoms with E-state index in [2.05, 4.69) is 11.3 Å². The second-order valence-corrected chi connectivity index (χ2v) is 5.94. The summed E-state index contributed by atoms with van der Waals surface area (Å²) in [6, 6.07) is 0. The van der Waals surface area contributed by atoms with Crippen molar-refractivity contribution in [1.29, 1.82) is 0 Å². The number of esters is 1. The van der Waals surface area contributed by atoms with Crippen LogP contribution in [0.15, 0.2) is 12.2 Å². The SMILES string of the molecule is C=C(C(=O)OC(C)(C)CC)C(F)(F)C(F)(F)C(F)(F)C(F)(F)C(C)F. The number of halogens is 9. The maximum Gasteiger partial charge on any atom is 0.382 e. The molecule has 0 aromatic rings. The first-order valence-electron chi connectivity index (χ1n) is 6.87. The van der Waals surface area contributed by atoms with Gasteiger partial charge in [0.25, 0.3) is 0 Å². The van der Waals surface area contributed by atoms with Gasteiger partial charge in [-0.05, 0) is 27.2 Å². The average molecular weight is 388 g/mol. The van der Waals surface area contributed by atoms with Gasteiger partial charge in [0.1, 0.15) is 11.2 Å². The van der Waals surface area contributed by atoms with Crippen LogP contribution in [0.5, 0.6) is 0 Å². The molecule has 2 nitrogen and oxygen atoms in total. The van der Waals surface area contributed by atoms with Crippen molar-refractivity contribution < 1.29 is 49.0 Å². The fourth-order valence-electron chi connectivity index (χ4n) is 1.36. The Kier molecular flexibility index (Phi) is 6.33. The van der Waals surface area contributed by atoms with E-state index in [1.807, 2.05) is 0 Å². The highest BCUT2D eigenvalue weighted by Gasteiger charge is 2.82. The van der Waals surface area contributed by atoms with Crippen molar-refractivity contribution in [2.75, 3.05) is 0 Å². The molecule has 0 saturated heterocycles. The lowest BCUT2D eigenvalue weighted by atomic mass is 9.92. The zero-order valence-corrected chi connectivity index (χ0v) is 13.7. The van der Waals surface area contributed by atoms with Crippen LogP contribution in [-0.4, -0.2) is 41.4 Å². The molecular weight excluding hydrogens is 371 g/mol. The topological polar surface area (TPSA) is 26.3 Å². The summed E-state index contributed by atoms with van der Waals surface area (Å²) >= 11 is 0. The zero-order valence-electron chi connectivity index (χ0n) is 13.7. The van der Waals surface area contributed by atoms with Crippen LogP contribution >= 0.6 is 0 Å². The van der Waals surface area contributed by atoms with Gasteiger partial charge in [-0.15, -0.1) is 0 Å². The molecule has 1 atom stereocenters. The summed E-state index contributed by atoms with van der Waals surface area (Å²) in [6.45, 7) is 5.90. The lowest BCUT2D eigenvalue weighted by Gasteiger charge is -2.37. The summed E-state index contributed by atoms with van der Waals surface area (Å²) in [5, 5.41) is 0. The number of rotatable bonds is 8. The predicted molar refractivity (Wildman–Crippen MR) is 70.0 cm³/mol. The van der Waals surface area contributed by atoms with E-state index in [1.165, 1.54) is 20.8 Å². The third-order valence-electron chi connectivity index (χ3n) is 3.55. The molecule has 0 spiro atoms. The summed E-state index contributed by atoms with van der Waals surface area (Å²) in [6.07, 6.45) is -3.84. The highest BCUT2D eigenvalue weighted by Crippen LogP contribution is 2.55. The fourth-order valence-corrected chi connectivity index (χ4v) is 1.36. The monoisotopic (exact) mass is 388 g/mol. The summed E-state index contributed by atoms with van der Waals surface area (Å²) in [4.78, 5) is 11.5. The molecule has 0 aliphatic heterocycles. The van der Waals surface area contributed by atoms with Crippen LogP contribution in [0.2, 0.25) is 0 Å². The van der Waals surface area contributed by atoms with Crippen LogP contribution < -0.4 is 0 Å². The Morgan fingerprint density at radius 1 is 1.00 bits per heavy atom. The van der Waals surface area contributed by atoms with Crippen molar-refractivity contribution in [2.24, 2.45) is 0 Å². The number of hydrogen-bond donors (Lipinski definition) is 0. The van der Waals surface area contributed by atoms with E-state index in [-0.39, 0.29) is 13.3 Å². The Morgan fingerprint density at radius 3 is 1.72 bits per heavy atom. The van der Waals surface area contributed by atoms with Crippen LogP contribution in [0.25, 0.3) is 0 Å². The van der Waals surface area contributed by atoms with E-state index in [9.17, 15) is 44.3 Å². The first-order chi connectivity index (χ1) is 10.8. The molecule has 0 heterocycles. The molecule has 0 radical (unpaired) electrons. The van der Waals surface area contributed by atoms with Gasteiger partial charge in [0.2, 0.25) is 0 Å². The highest BCUT2D eigenvalue weighted by atomic mass is 19.4. The molecule has 0 N–H and O–H groups in total. The lowest BCUT2D eigenvalue weighted by Crippen LogP contribution is -2.65. The second kappa shape index (κ2) is 6.71. The van der Waals surface area contributed by atoms with Gasteiger partial charge >= 0.3 is 29.7 Å². The molecule has 25 heavy (non-hydrogen) atoms. The Morgan fingerprint density at radius 2 is 1.40 bits per heavy atom. The smallest absolute Gasteiger partial charge is 0.382 e. The molecular formula is C14H17F9O2. The van der Waals surface area contributed by atoms with Crippen molar-refractivity contribution >= 4 is 5.97 Å². The molecule has 0 amide bonds. The lowest BCUT2D eigenvalue weighted by molar-refractivity contribution is -0.366. The average Bonchev–Trinajstić information content (AvgIpc) is 2.44. The Bertz CT molecular complexity index is 524. The van der Waals surface area contributed by atoms with Gasteiger partial charge < -0.3 is 4.74 Å². The Balaban J connectivity index is 5.90. The van der Waals surface area contributed by atoms with Crippen molar-refractivity contribution in [3.63, 3.8) is 0 Å². The van der Waals surface area contributed by atoms with E-state index in [4.69, 9.17) is 0 Å². The van der Waals surface area contributed by atoms with E-state index in [1.54, 1.807) is 0 Å². The fraction of sp³-hybridized carbons (Fsp3) is 0.786. The van der Waals surface area contributed by atoms with Gasteiger partial charge in [0.15, 0.2) is 6.17 Å². The zero-order chi connectivity index (χ0) is 20.6. The Labute approximate surface area is 138 Å². The number of alkyl halides is 9. The maximum absolute atomic E-state index is 13.7. The minimum absolute atomic E-state index is 0.0293. The molecule has 1 unspecified atom stereocenters. The summed E-state index contributed by atoms with van der Waals surface area (Å²) in [5.41, 5.74) is -3.90. The van der Waals surface area contributed by atoms with Crippen LogP contribution in [0.1, 0.15) is 34.1 Å². The van der Waals surface area contributed by atoms with E-state index >= 15 is 0 Å². The summed E-state index contributed by atoms with van der Waals surface area (Å²) in [7, 11) is 0. The number of ether oxygens (including phenoxy) is 1. The van der Waals surface area contributed by atoms with Gasteiger partial charge in [-0.1, -0.05) is 13.5 Å². The van der Waals surface area contributed by atoms with Crippen molar-refractivity contribution in [2.45, 2.75) is 69.6 Å². The standard InChI is InChI=1S/C14H17F9O2/c1-6-10(4,5)25-9(24)7(2)11(16,17)13(20,21)14(22,23)12(18,19)8(3)15/h8H,2,6H2,1,3-5H3. The largest absolute Gasteiger partial charge is 0.456 e. The first-order valence-corrected chi connectivity index (χ1v) is 6.87. The van der Waals surface area contributed by atoms with Crippen LogP contribution in [0.3, 0.4) is 0 Å². The van der Waals surface area contributed by atoms with Crippen molar-refractivity contribution in [3.05, 3.63) is 12.2 Å². The Hall–Kier alpha value is -1.42. The number of hydrogen-bond acceptors (Lipinski definition) is 2. The molecule has 0 rings (SSSR count). The molecule has 148 valence electrons. The normalized spacial score (nSPS) is 15.7. The molecule has 0 saturated carbocycles. The molecule has 0 bridgehead atoms. The molecule has 0 aromatic heterocycles. The van der Waals surface area contributed by atoms with Gasteiger partial charge in [-0.25, -0.2) is 9.18 Å². The van der Waals surface area contributed by atoms with E-state index < -0.39 is 47.0 Å². The third-order valence-corrected chi connectivity index (χ3v) is 3.55. The number of carbonyl (C=O) groups is 1. The van der Waals surface area contributed by atoms with Crippen molar-refractivity contribution in [1.82, 2.24) is 0 Å². The van der Waals surface area contributed by atoms with Crippen LogP contribution in [0.4, 0.5) is 39.5 Å². The summed E-state index contributed by atoms with van der Waals surface area (Å²) in [5.74, 6) is -28.1. The van der Waals surface area contributed by atoms with Crippen LogP contribution in [-0.2, 0) is 9.53 Å². The van der Waals surface area contributed by atoms with Gasteiger partial charge in [-0.3, -0.25) is 0 Å². The molecule has 11 heteroatoms. The highest BCUT2D eigenvalue weighted by molar-refractivity contribution is 5.90. The molecule has 0 aromatic carbocycles. The van der Waals surface area contributed by atoms with E-state index in [0.717, 1.165) is 0 Å². The minimum atomic E-state index is -6.82. The quantitative estimate of drug-likeness (QED) is 0.326. The van der Waals surface area contributed by atoms with Crippen LogP contribution in [0, 0.1) is 0 Å². The minimum Gasteiger partial charge on any atom is -0.456 e. The second-order valence-electron chi connectivity index (χ2n) is 5.94.